The highest BCUT2D eigenvalue weighted by Gasteiger charge is 2.38. The number of halogens is 1. The monoisotopic (exact) mass is 365 g/mol. The third-order valence-electron chi connectivity index (χ3n) is 5.14. The molecule has 0 spiro atoms. The highest BCUT2D eigenvalue weighted by Crippen LogP contribution is 2.34. The lowest BCUT2D eigenvalue weighted by atomic mass is 9.81. The summed E-state index contributed by atoms with van der Waals surface area (Å²) in [4.78, 5) is 2.77. The van der Waals surface area contributed by atoms with E-state index in [4.69, 9.17) is 23.8 Å². The molecule has 2 atom stereocenters. The van der Waals surface area contributed by atoms with Gasteiger partial charge in [-0.15, -0.1) is 0 Å². The maximum atomic E-state index is 5.93. The summed E-state index contributed by atoms with van der Waals surface area (Å²) in [6.07, 6.45) is 6.44. The minimum Gasteiger partial charge on any atom is -0.360 e. The summed E-state index contributed by atoms with van der Waals surface area (Å²) >= 11 is 11.4. The second kappa shape index (κ2) is 8.03. The molecule has 1 aromatic rings. The highest BCUT2D eigenvalue weighted by atomic mass is 35.5. The fraction of sp³-hybridized carbons (Fsp3) is 0.632. The molecule has 3 nitrogen and oxygen atoms in total. The molecule has 24 heavy (non-hydrogen) atoms. The van der Waals surface area contributed by atoms with Crippen LogP contribution in [0.5, 0.6) is 0 Å². The van der Waals surface area contributed by atoms with E-state index in [9.17, 15) is 0 Å². The van der Waals surface area contributed by atoms with Crippen molar-refractivity contribution < 1.29 is 0 Å². The molecule has 2 unspecified atom stereocenters. The molecular formula is C19H28ClN3S. The fourth-order valence-electron chi connectivity index (χ4n) is 4.20. The van der Waals surface area contributed by atoms with E-state index in [2.05, 4.69) is 29.4 Å². The van der Waals surface area contributed by atoms with Crippen LogP contribution in [0.1, 0.15) is 46.0 Å². The third kappa shape index (κ3) is 4.62. The molecule has 0 radical (unpaired) electrons. The summed E-state index contributed by atoms with van der Waals surface area (Å²) in [5.41, 5.74) is 0.981. The summed E-state index contributed by atoms with van der Waals surface area (Å²) in [6.45, 7) is 5.88. The van der Waals surface area contributed by atoms with Crippen molar-refractivity contribution in [3.05, 3.63) is 29.3 Å². The van der Waals surface area contributed by atoms with Crippen molar-refractivity contribution >= 4 is 34.6 Å². The molecular weight excluding hydrogens is 338 g/mol. The Morgan fingerprint density at radius 3 is 2.42 bits per heavy atom. The molecule has 2 fully saturated rings. The van der Waals surface area contributed by atoms with Crippen molar-refractivity contribution in [1.82, 2.24) is 10.2 Å². The van der Waals surface area contributed by atoms with Gasteiger partial charge in [-0.25, -0.2) is 0 Å². The van der Waals surface area contributed by atoms with Crippen LogP contribution in [0.25, 0.3) is 0 Å². The lowest BCUT2D eigenvalue weighted by Gasteiger charge is -2.49. The van der Waals surface area contributed by atoms with Gasteiger partial charge in [0, 0.05) is 35.4 Å². The maximum absolute atomic E-state index is 5.93. The Balaban J connectivity index is 1.55. The number of thiocarbonyl (C=S) groups is 1. The summed E-state index contributed by atoms with van der Waals surface area (Å²) in [5.74, 6) is 0.741. The van der Waals surface area contributed by atoms with Crippen molar-refractivity contribution in [3.8, 4) is 0 Å². The minimum absolute atomic E-state index is 0.482. The normalized spacial score (nSPS) is 27.1. The van der Waals surface area contributed by atoms with Gasteiger partial charge in [0.1, 0.15) is 0 Å². The Morgan fingerprint density at radius 1 is 1.21 bits per heavy atom. The Kier molecular flexibility index (Phi) is 6.01. The molecule has 2 aliphatic rings. The molecule has 2 N–H and O–H groups in total. The third-order valence-corrected chi connectivity index (χ3v) is 5.61. The molecule has 1 aromatic carbocycles. The second-order valence-corrected chi connectivity index (χ2v) is 8.45. The molecule has 0 saturated carbocycles. The number of benzene rings is 1. The minimum atomic E-state index is 0.482. The first kappa shape index (κ1) is 18.0. The zero-order valence-corrected chi connectivity index (χ0v) is 16.2. The molecule has 0 aromatic heterocycles. The van der Waals surface area contributed by atoms with Gasteiger partial charge in [0.2, 0.25) is 0 Å². The average molecular weight is 366 g/mol. The molecule has 5 heteroatoms. The predicted octanol–water partition coefficient (Wildman–Crippen LogP) is 4.67. The number of fused-ring (bicyclic) bond motifs is 2. The van der Waals surface area contributed by atoms with Crippen LogP contribution in [0.3, 0.4) is 0 Å². The van der Waals surface area contributed by atoms with Crippen molar-refractivity contribution in [2.75, 3.05) is 11.9 Å². The van der Waals surface area contributed by atoms with Gasteiger partial charge in [0.25, 0.3) is 0 Å². The second-order valence-electron chi connectivity index (χ2n) is 7.60. The maximum Gasteiger partial charge on any atom is 0.170 e. The summed E-state index contributed by atoms with van der Waals surface area (Å²) in [5, 5.41) is 8.28. The van der Waals surface area contributed by atoms with E-state index in [0.717, 1.165) is 33.8 Å². The van der Waals surface area contributed by atoms with Gasteiger partial charge in [-0.3, -0.25) is 4.90 Å². The molecule has 0 aliphatic carbocycles. The first-order valence-corrected chi connectivity index (χ1v) is 9.88. The number of nitrogens with one attached hydrogen (secondary N) is 2. The van der Waals surface area contributed by atoms with E-state index in [1.54, 1.807) is 0 Å². The summed E-state index contributed by atoms with van der Waals surface area (Å²) in [6, 6.07) is 9.58. The summed E-state index contributed by atoms with van der Waals surface area (Å²) in [7, 11) is 0. The van der Waals surface area contributed by atoms with Gasteiger partial charge in [0.05, 0.1) is 0 Å². The molecule has 132 valence electrons. The Hall–Kier alpha value is -0.840. The lowest BCUT2D eigenvalue weighted by Crippen LogP contribution is -2.58. The van der Waals surface area contributed by atoms with E-state index in [1.807, 2.05) is 24.3 Å². The topological polar surface area (TPSA) is 27.3 Å². The van der Waals surface area contributed by atoms with Crippen LogP contribution in [0, 0.1) is 5.92 Å². The number of hydrogen-bond donors (Lipinski definition) is 2. The first-order chi connectivity index (χ1) is 11.5. The molecule has 3 rings (SSSR count). The molecule has 2 aliphatic heterocycles. The lowest BCUT2D eigenvalue weighted by molar-refractivity contribution is 0.0191. The number of anilines is 1. The Labute approximate surface area is 156 Å². The van der Waals surface area contributed by atoms with E-state index >= 15 is 0 Å². The van der Waals surface area contributed by atoms with Gasteiger partial charge in [-0.2, -0.15) is 0 Å². The number of rotatable bonds is 4. The van der Waals surface area contributed by atoms with E-state index in [-0.39, 0.29) is 0 Å². The van der Waals surface area contributed by atoms with Crippen LogP contribution >= 0.6 is 23.8 Å². The Bertz CT molecular complexity index is 546. The smallest absolute Gasteiger partial charge is 0.170 e. The molecule has 2 heterocycles. The number of nitrogens with zero attached hydrogens (tertiary/aromatic N) is 1. The van der Waals surface area contributed by atoms with Crippen molar-refractivity contribution in [3.63, 3.8) is 0 Å². The SMILES string of the molecule is CC(C)CN1C2CCCC1CC(NC(=S)Nc1ccc(Cl)cc1)C2. The van der Waals surface area contributed by atoms with Crippen LogP contribution in [-0.2, 0) is 0 Å². The largest absolute Gasteiger partial charge is 0.360 e. The Morgan fingerprint density at radius 2 is 1.83 bits per heavy atom. The standard InChI is InChI=1S/C19H28ClN3S/c1-13(2)12-23-17-4-3-5-18(23)11-16(10-17)22-19(24)21-15-8-6-14(20)7-9-15/h6-9,13,16-18H,3-5,10-12H2,1-2H3,(H2,21,22,24). The van der Waals surface area contributed by atoms with E-state index in [0.29, 0.717) is 6.04 Å². The highest BCUT2D eigenvalue weighted by molar-refractivity contribution is 7.80. The predicted molar refractivity (Wildman–Crippen MR) is 107 cm³/mol. The van der Waals surface area contributed by atoms with Crippen molar-refractivity contribution in [2.45, 2.75) is 64.1 Å². The van der Waals surface area contributed by atoms with Crippen LogP contribution in [0.15, 0.2) is 24.3 Å². The van der Waals surface area contributed by atoms with Crippen LogP contribution in [0.2, 0.25) is 5.02 Å². The van der Waals surface area contributed by atoms with Crippen LogP contribution in [0.4, 0.5) is 5.69 Å². The summed E-state index contributed by atoms with van der Waals surface area (Å²) < 4.78 is 0. The van der Waals surface area contributed by atoms with E-state index in [1.165, 1.54) is 38.6 Å². The van der Waals surface area contributed by atoms with Gasteiger partial charge < -0.3 is 10.6 Å². The number of piperidine rings is 2. The van der Waals surface area contributed by atoms with Gasteiger partial charge >= 0.3 is 0 Å². The first-order valence-electron chi connectivity index (χ1n) is 9.10. The van der Waals surface area contributed by atoms with Crippen molar-refractivity contribution in [1.29, 1.82) is 0 Å². The fourth-order valence-corrected chi connectivity index (χ4v) is 4.61. The van der Waals surface area contributed by atoms with E-state index < -0.39 is 0 Å². The quantitative estimate of drug-likeness (QED) is 0.758. The van der Waals surface area contributed by atoms with Gasteiger partial charge in [0.15, 0.2) is 5.11 Å². The molecule has 2 bridgehead atoms. The molecule has 2 saturated heterocycles. The zero-order valence-electron chi connectivity index (χ0n) is 14.6. The average Bonchev–Trinajstić information content (AvgIpc) is 2.50. The molecule has 0 amide bonds. The van der Waals surface area contributed by atoms with Crippen LogP contribution < -0.4 is 10.6 Å². The van der Waals surface area contributed by atoms with Gasteiger partial charge in [-0.05, 0) is 68.1 Å². The van der Waals surface area contributed by atoms with Gasteiger partial charge in [-0.1, -0.05) is 31.9 Å². The van der Waals surface area contributed by atoms with Crippen molar-refractivity contribution in [2.24, 2.45) is 5.92 Å². The zero-order chi connectivity index (χ0) is 17.1. The van der Waals surface area contributed by atoms with Crippen LogP contribution in [-0.4, -0.2) is 34.7 Å². The number of hydrogen-bond acceptors (Lipinski definition) is 2.